The lowest BCUT2D eigenvalue weighted by Gasteiger charge is -2.17. The van der Waals surface area contributed by atoms with Gasteiger partial charge in [0.1, 0.15) is 0 Å². The van der Waals surface area contributed by atoms with Crippen LogP contribution in [0.3, 0.4) is 0 Å². The second-order valence-corrected chi connectivity index (χ2v) is 2.29. The lowest BCUT2D eigenvalue weighted by molar-refractivity contribution is -0.280. The Labute approximate surface area is 75.5 Å². The van der Waals surface area contributed by atoms with Gasteiger partial charge in [0, 0.05) is 13.0 Å². The Morgan fingerprint density at radius 1 is 1.21 bits per heavy atom. The average Bonchev–Trinajstić information content (AvgIpc) is 2.02. The van der Waals surface area contributed by atoms with E-state index >= 15 is 0 Å². The van der Waals surface area contributed by atoms with Crippen LogP contribution in [0.2, 0.25) is 0 Å². The molecule has 3 nitrogen and oxygen atoms in total. The van der Waals surface area contributed by atoms with Gasteiger partial charge in [0.05, 0.1) is 6.61 Å². The fourth-order valence-corrected chi connectivity index (χ4v) is 0.436. The third-order valence-corrected chi connectivity index (χ3v) is 1.15. The first-order valence-electron chi connectivity index (χ1n) is 3.46. The highest BCUT2D eigenvalue weighted by atomic mass is 19.4. The molecule has 0 heterocycles. The molecule has 1 N–H and O–H groups in total. The van der Waals surface area contributed by atoms with Gasteiger partial charge in [-0.1, -0.05) is 0 Å². The predicted octanol–water partition coefficient (Wildman–Crippen LogP) is 1.11. The average molecular weight is 222 g/mol. The lowest BCUT2D eigenvalue weighted by Crippen LogP contribution is -2.45. The van der Waals surface area contributed by atoms with Crippen LogP contribution >= 0.6 is 0 Å². The first-order valence-corrected chi connectivity index (χ1v) is 3.46. The zero-order valence-electron chi connectivity index (χ0n) is 6.77. The van der Waals surface area contributed by atoms with E-state index in [1.165, 1.54) is 0 Å². The van der Waals surface area contributed by atoms with Crippen LogP contribution in [0.1, 0.15) is 6.42 Å². The van der Waals surface area contributed by atoms with Gasteiger partial charge in [-0.25, -0.2) is 4.79 Å². The highest BCUT2D eigenvalue weighted by Crippen LogP contribution is 2.36. The molecule has 14 heavy (non-hydrogen) atoms. The number of carbonyl (C=O) groups excluding carboxylic acids is 1. The summed E-state index contributed by atoms with van der Waals surface area (Å²) in [5.41, 5.74) is 0. The zero-order chi connectivity index (χ0) is 11.4. The van der Waals surface area contributed by atoms with Gasteiger partial charge in [0.15, 0.2) is 0 Å². The molecule has 0 saturated carbocycles. The van der Waals surface area contributed by atoms with Gasteiger partial charge < -0.3 is 9.84 Å². The maximum Gasteiger partial charge on any atom is 0.465 e. The number of esters is 1. The van der Waals surface area contributed by atoms with Crippen molar-refractivity contribution in [2.24, 2.45) is 0 Å². The van der Waals surface area contributed by atoms with E-state index in [9.17, 15) is 26.7 Å². The van der Waals surface area contributed by atoms with Crippen molar-refractivity contribution in [1.29, 1.82) is 0 Å². The summed E-state index contributed by atoms with van der Waals surface area (Å²) >= 11 is 0. The number of halogens is 5. The summed E-state index contributed by atoms with van der Waals surface area (Å²) in [5, 5.41) is 8.14. The number of aliphatic hydroxyl groups is 1. The SMILES string of the molecule is O=C(OCCCO)C(F)(F)C(F)(F)F. The number of hydrogen-bond donors (Lipinski definition) is 1. The van der Waals surface area contributed by atoms with Crippen LogP contribution in [-0.4, -0.2) is 36.4 Å². The molecule has 0 fully saturated rings. The highest BCUT2D eigenvalue weighted by Gasteiger charge is 2.64. The summed E-state index contributed by atoms with van der Waals surface area (Å²) in [6, 6.07) is 0. The summed E-state index contributed by atoms with van der Waals surface area (Å²) in [6.45, 7) is -1.15. The standard InChI is InChI=1S/C6H7F5O3/c7-5(8,6(9,10)11)4(13)14-3-1-2-12/h12H,1-3H2. The Kier molecular flexibility index (Phi) is 4.24. The molecular weight excluding hydrogens is 215 g/mol. The van der Waals surface area contributed by atoms with Crippen LogP contribution in [0.4, 0.5) is 22.0 Å². The van der Waals surface area contributed by atoms with Gasteiger partial charge in [-0.15, -0.1) is 0 Å². The number of alkyl halides is 5. The number of carbonyl (C=O) groups is 1. The molecule has 0 saturated heterocycles. The largest absolute Gasteiger partial charge is 0.465 e. The maximum atomic E-state index is 12.1. The first kappa shape index (κ1) is 13.1. The van der Waals surface area contributed by atoms with Crippen molar-refractivity contribution >= 4 is 5.97 Å². The van der Waals surface area contributed by atoms with Gasteiger partial charge in [-0.3, -0.25) is 0 Å². The quantitative estimate of drug-likeness (QED) is 0.440. The molecule has 0 spiro atoms. The normalized spacial score (nSPS) is 12.7. The fourth-order valence-electron chi connectivity index (χ4n) is 0.436. The molecule has 0 aromatic rings. The summed E-state index contributed by atoms with van der Waals surface area (Å²) in [7, 11) is 0. The second kappa shape index (κ2) is 4.54. The molecule has 0 aliphatic carbocycles. The topological polar surface area (TPSA) is 46.5 Å². The van der Waals surface area contributed by atoms with E-state index in [2.05, 4.69) is 4.74 Å². The molecule has 0 rings (SSSR count). The Bertz CT molecular complexity index is 200. The van der Waals surface area contributed by atoms with Crippen molar-refractivity contribution in [3.05, 3.63) is 0 Å². The van der Waals surface area contributed by atoms with E-state index in [0.717, 1.165) is 0 Å². The van der Waals surface area contributed by atoms with E-state index in [-0.39, 0.29) is 6.42 Å². The molecule has 0 atom stereocenters. The summed E-state index contributed by atoms with van der Waals surface area (Å²) in [5.74, 6) is -8.15. The van der Waals surface area contributed by atoms with Gasteiger partial charge in [-0.2, -0.15) is 22.0 Å². The van der Waals surface area contributed by atoms with Crippen molar-refractivity contribution in [2.75, 3.05) is 13.2 Å². The van der Waals surface area contributed by atoms with Crippen LogP contribution in [0.15, 0.2) is 0 Å². The molecular formula is C6H7F5O3. The number of rotatable bonds is 4. The highest BCUT2D eigenvalue weighted by molar-refractivity contribution is 5.78. The number of ether oxygens (including phenoxy) is 1. The van der Waals surface area contributed by atoms with Crippen LogP contribution < -0.4 is 0 Å². The Balaban J connectivity index is 4.23. The first-order chi connectivity index (χ1) is 6.23. The third-order valence-electron chi connectivity index (χ3n) is 1.15. The third kappa shape index (κ3) is 3.09. The van der Waals surface area contributed by atoms with E-state index in [0.29, 0.717) is 0 Å². The molecule has 0 aliphatic rings. The minimum absolute atomic E-state index is 0.195. The van der Waals surface area contributed by atoms with Crippen molar-refractivity contribution in [3.8, 4) is 0 Å². The van der Waals surface area contributed by atoms with Crippen LogP contribution in [0, 0.1) is 0 Å². The summed E-state index contributed by atoms with van der Waals surface area (Å²) in [6.07, 6.45) is -6.15. The summed E-state index contributed by atoms with van der Waals surface area (Å²) in [4.78, 5) is 10.2. The van der Waals surface area contributed by atoms with Crippen LogP contribution in [0.25, 0.3) is 0 Å². The molecule has 0 aromatic carbocycles. The monoisotopic (exact) mass is 222 g/mol. The van der Waals surface area contributed by atoms with E-state index in [1.807, 2.05) is 0 Å². The molecule has 0 unspecified atom stereocenters. The Morgan fingerprint density at radius 3 is 2.07 bits per heavy atom. The van der Waals surface area contributed by atoms with E-state index in [4.69, 9.17) is 5.11 Å². The fraction of sp³-hybridized carbons (Fsp3) is 0.833. The molecule has 0 aromatic heterocycles. The lowest BCUT2D eigenvalue weighted by atomic mass is 10.3. The van der Waals surface area contributed by atoms with Crippen molar-refractivity contribution in [1.82, 2.24) is 0 Å². The number of hydrogen-bond acceptors (Lipinski definition) is 3. The van der Waals surface area contributed by atoms with E-state index in [1.54, 1.807) is 0 Å². The molecule has 84 valence electrons. The Hall–Kier alpha value is -0.920. The second-order valence-electron chi connectivity index (χ2n) is 2.29. The summed E-state index contributed by atoms with van der Waals surface area (Å²) < 4.78 is 62.3. The minimum atomic E-state index is -5.96. The van der Waals surface area contributed by atoms with Gasteiger partial charge in [0.2, 0.25) is 0 Å². The van der Waals surface area contributed by atoms with Crippen molar-refractivity contribution in [2.45, 2.75) is 18.5 Å². The predicted molar refractivity (Wildman–Crippen MR) is 33.7 cm³/mol. The smallest absolute Gasteiger partial charge is 0.461 e. The van der Waals surface area contributed by atoms with Crippen LogP contribution in [-0.2, 0) is 9.53 Å². The maximum absolute atomic E-state index is 12.1. The molecule has 0 bridgehead atoms. The number of aliphatic hydroxyl groups excluding tert-OH is 1. The zero-order valence-corrected chi connectivity index (χ0v) is 6.77. The van der Waals surface area contributed by atoms with Gasteiger partial charge in [0.25, 0.3) is 0 Å². The molecule has 0 radical (unpaired) electrons. The molecule has 0 amide bonds. The van der Waals surface area contributed by atoms with Gasteiger partial charge >= 0.3 is 18.1 Å². The van der Waals surface area contributed by atoms with Gasteiger partial charge in [-0.05, 0) is 0 Å². The van der Waals surface area contributed by atoms with E-state index < -0.39 is 31.3 Å². The van der Waals surface area contributed by atoms with Crippen LogP contribution in [0.5, 0.6) is 0 Å². The minimum Gasteiger partial charge on any atom is -0.461 e. The molecule has 0 aliphatic heterocycles. The molecule has 8 heteroatoms. The van der Waals surface area contributed by atoms with Crippen molar-refractivity contribution < 1.29 is 36.6 Å². The van der Waals surface area contributed by atoms with Crippen molar-refractivity contribution in [3.63, 3.8) is 0 Å². The Morgan fingerprint density at radius 2 is 1.71 bits per heavy atom.